The van der Waals surface area contributed by atoms with Crippen LogP contribution in [0, 0.1) is 0 Å². The van der Waals surface area contributed by atoms with Crippen molar-refractivity contribution in [2.75, 3.05) is 26.4 Å². The van der Waals surface area contributed by atoms with E-state index < -0.39 is 19.5 Å². The van der Waals surface area contributed by atoms with Gasteiger partial charge in [0.15, 0.2) is 0 Å². The molecule has 0 saturated heterocycles. The van der Waals surface area contributed by atoms with E-state index in [4.69, 9.17) is 18.5 Å². The number of ether oxygens (including phenoxy) is 2. The number of esters is 2. The molecule has 1 aromatic carbocycles. The van der Waals surface area contributed by atoms with Crippen LogP contribution in [0.25, 0.3) is 0 Å². The molecule has 0 unspecified atom stereocenters. The zero-order chi connectivity index (χ0) is 18.2. The molecule has 7 nitrogen and oxygen atoms in total. The largest absolute Gasteiger partial charge is 0.462 e. The summed E-state index contributed by atoms with van der Waals surface area (Å²) in [6, 6.07) is 4.08. The van der Waals surface area contributed by atoms with Crippen LogP contribution in [-0.4, -0.2) is 38.4 Å². The molecule has 0 bridgehead atoms. The number of carbonyl (C=O) groups excluding carboxylic acids is 2. The van der Waals surface area contributed by atoms with E-state index in [0.29, 0.717) is 0 Å². The van der Waals surface area contributed by atoms with Gasteiger partial charge >= 0.3 is 19.5 Å². The van der Waals surface area contributed by atoms with Crippen LogP contribution in [0.15, 0.2) is 18.2 Å². The molecule has 0 aliphatic heterocycles. The molecule has 0 heterocycles. The molecule has 0 N–H and O–H groups in total. The zero-order valence-electron chi connectivity index (χ0n) is 14.4. The normalized spacial score (nSPS) is 11.2. The monoisotopic (exact) mass is 358 g/mol. The van der Waals surface area contributed by atoms with Crippen molar-refractivity contribution in [2.45, 2.75) is 27.7 Å². The molecule has 0 aliphatic carbocycles. The fourth-order valence-corrected chi connectivity index (χ4v) is 3.79. The van der Waals surface area contributed by atoms with Crippen molar-refractivity contribution >= 4 is 24.8 Å². The van der Waals surface area contributed by atoms with E-state index in [1.165, 1.54) is 18.2 Å². The van der Waals surface area contributed by atoms with E-state index in [9.17, 15) is 14.2 Å². The van der Waals surface area contributed by atoms with E-state index in [1.807, 2.05) is 0 Å². The Hall–Kier alpha value is -1.69. The highest BCUT2D eigenvalue weighted by Gasteiger charge is 2.33. The van der Waals surface area contributed by atoms with E-state index in [0.717, 1.165) is 0 Å². The van der Waals surface area contributed by atoms with Crippen LogP contribution in [0.3, 0.4) is 0 Å². The molecular formula is C16H23O7P. The Labute approximate surface area is 141 Å². The van der Waals surface area contributed by atoms with Crippen LogP contribution < -0.4 is 5.30 Å². The van der Waals surface area contributed by atoms with Crippen molar-refractivity contribution in [3.05, 3.63) is 29.3 Å². The quantitative estimate of drug-likeness (QED) is 0.495. The van der Waals surface area contributed by atoms with Crippen molar-refractivity contribution in [1.29, 1.82) is 0 Å². The fourth-order valence-electron chi connectivity index (χ4n) is 2.00. The highest BCUT2D eigenvalue weighted by Crippen LogP contribution is 2.48. The Kier molecular flexibility index (Phi) is 8.11. The molecule has 134 valence electrons. The number of hydrogen-bond acceptors (Lipinski definition) is 7. The Morgan fingerprint density at radius 3 is 1.92 bits per heavy atom. The van der Waals surface area contributed by atoms with Crippen molar-refractivity contribution in [3.63, 3.8) is 0 Å². The molecule has 0 fully saturated rings. The maximum absolute atomic E-state index is 13.1. The molecule has 0 saturated carbocycles. The van der Waals surface area contributed by atoms with Gasteiger partial charge in [-0.15, -0.1) is 0 Å². The second-order valence-corrected chi connectivity index (χ2v) is 6.50. The molecule has 0 amide bonds. The summed E-state index contributed by atoms with van der Waals surface area (Å²) >= 11 is 0. The fraction of sp³-hybridized carbons (Fsp3) is 0.500. The summed E-state index contributed by atoms with van der Waals surface area (Å²) in [5, 5.41) is -0.00444. The summed E-state index contributed by atoms with van der Waals surface area (Å²) in [5.74, 6) is -1.25. The van der Waals surface area contributed by atoms with Gasteiger partial charge in [0.05, 0.1) is 42.9 Å². The van der Waals surface area contributed by atoms with Gasteiger partial charge in [0.1, 0.15) is 0 Å². The molecule has 8 heteroatoms. The minimum Gasteiger partial charge on any atom is -0.462 e. The second kappa shape index (κ2) is 9.57. The number of hydrogen-bond donors (Lipinski definition) is 0. The summed E-state index contributed by atoms with van der Waals surface area (Å²) in [7, 11) is -3.78. The standard InChI is InChI=1S/C16H23O7P/c1-5-20-15(17)12-9-10-13(16(18)21-6-2)14(11-12)24(19,22-7-3)23-8-4/h9-11H,5-8H2,1-4H3. The van der Waals surface area contributed by atoms with Crippen LogP contribution >= 0.6 is 7.60 Å². The minimum absolute atomic E-state index is 0.00444. The first-order chi connectivity index (χ1) is 11.4. The smallest absolute Gasteiger partial charge is 0.362 e. The van der Waals surface area contributed by atoms with Crippen molar-refractivity contribution in [1.82, 2.24) is 0 Å². The summed E-state index contributed by atoms with van der Waals surface area (Å²) in [6.07, 6.45) is 0. The Balaban J connectivity index is 3.47. The van der Waals surface area contributed by atoms with Crippen LogP contribution in [0.1, 0.15) is 48.4 Å². The van der Waals surface area contributed by atoms with Gasteiger partial charge in [-0.05, 0) is 45.9 Å². The average Bonchev–Trinajstić information content (AvgIpc) is 2.55. The molecule has 1 rings (SSSR count). The van der Waals surface area contributed by atoms with E-state index >= 15 is 0 Å². The number of rotatable bonds is 9. The molecule has 0 spiro atoms. The molecule has 0 radical (unpaired) electrons. The van der Waals surface area contributed by atoms with Gasteiger partial charge in [0.25, 0.3) is 0 Å². The third kappa shape index (κ3) is 4.90. The highest BCUT2D eigenvalue weighted by molar-refractivity contribution is 7.62. The molecule has 0 atom stereocenters. The van der Waals surface area contributed by atoms with E-state index in [-0.39, 0.29) is 42.9 Å². The zero-order valence-corrected chi connectivity index (χ0v) is 15.3. The predicted octanol–water partition coefficient (Wildman–Crippen LogP) is 2.93. The first-order valence-corrected chi connectivity index (χ1v) is 9.35. The predicted molar refractivity (Wildman–Crippen MR) is 88.8 cm³/mol. The molecule has 0 aliphatic rings. The van der Waals surface area contributed by atoms with Gasteiger partial charge in [-0.3, -0.25) is 4.57 Å². The first kappa shape index (κ1) is 20.4. The summed E-state index contributed by atoms with van der Waals surface area (Å²) in [6.45, 7) is 7.24. The van der Waals surface area contributed by atoms with Gasteiger partial charge in [0.2, 0.25) is 0 Å². The van der Waals surface area contributed by atoms with Crippen LogP contribution in [-0.2, 0) is 23.1 Å². The lowest BCUT2D eigenvalue weighted by molar-refractivity contribution is 0.0512. The Bertz CT molecular complexity index is 617. The first-order valence-electron chi connectivity index (χ1n) is 7.81. The molecule has 0 aromatic heterocycles. The molecule has 1 aromatic rings. The maximum atomic E-state index is 13.1. The third-order valence-corrected chi connectivity index (χ3v) is 5.05. The summed E-state index contributed by atoms with van der Waals surface area (Å²) < 4.78 is 33.6. The molecular weight excluding hydrogens is 335 g/mol. The van der Waals surface area contributed by atoms with Gasteiger partial charge in [0, 0.05) is 0 Å². The SMILES string of the molecule is CCOC(=O)c1ccc(C(=O)OCC)c(P(=O)(OCC)OCC)c1. The average molecular weight is 358 g/mol. The van der Waals surface area contributed by atoms with Crippen LogP contribution in [0.4, 0.5) is 0 Å². The van der Waals surface area contributed by atoms with Gasteiger partial charge in [-0.25, -0.2) is 9.59 Å². The van der Waals surface area contributed by atoms with Crippen molar-refractivity contribution in [3.8, 4) is 0 Å². The highest BCUT2D eigenvalue weighted by atomic mass is 31.2. The van der Waals surface area contributed by atoms with E-state index in [1.54, 1.807) is 27.7 Å². The topological polar surface area (TPSA) is 88.1 Å². The van der Waals surface area contributed by atoms with Crippen molar-refractivity contribution in [2.24, 2.45) is 0 Å². The Morgan fingerprint density at radius 1 is 0.875 bits per heavy atom. The maximum Gasteiger partial charge on any atom is 0.362 e. The number of benzene rings is 1. The summed E-state index contributed by atoms with van der Waals surface area (Å²) in [4.78, 5) is 24.1. The van der Waals surface area contributed by atoms with Gasteiger partial charge in [-0.1, -0.05) is 0 Å². The van der Waals surface area contributed by atoms with Crippen LogP contribution in [0.2, 0.25) is 0 Å². The summed E-state index contributed by atoms with van der Waals surface area (Å²) in [5.41, 5.74) is 0.190. The van der Waals surface area contributed by atoms with Crippen LogP contribution in [0.5, 0.6) is 0 Å². The lowest BCUT2D eigenvalue weighted by atomic mass is 10.1. The lowest BCUT2D eigenvalue weighted by Gasteiger charge is -2.20. The van der Waals surface area contributed by atoms with Gasteiger partial charge in [-0.2, -0.15) is 0 Å². The molecule has 24 heavy (non-hydrogen) atoms. The lowest BCUT2D eigenvalue weighted by Crippen LogP contribution is -2.22. The van der Waals surface area contributed by atoms with E-state index in [2.05, 4.69) is 0 Å². The third-order valence-electron chi connectivity index (χ3n) is 2.90. The van der Waals surface area contributed by atoms with Crippen molar-refractivity contribution < 1.29 is 32.7 Å². The van der Waals surface area contributed by atoms with Gasteiger partial charge < -0.3 is 18.5 Å². The number of carbonyl (C=O) groups is 2. The second-order valence-electron chi connectivity index (χ2n) is 4.51. The minimum atomic E-state index is -3.78. The Morgan fingerprint density at radius 2 is 1.42 bits per heavy atom.